The Morgan fingerprint density at radius 2 is 1.15 bits per heavy atom. The van der Waals surface area contributed by atoms with Crippen molar-refractivity contribution in [3.05, 3.63) is 125 Å². The van der Waals surface area contributed by atoms with Gasteiger partial charge in [-0.3, -0.25) is 6.08 Å². The van der Waals surface area contributed by atoms with E-state index in [0.717, 1.165) is 0 Å². The summed E-state index contributed by atoms with van der Waals surface area (Å²) in [6.07, 6.45) is 3.36. The van der Waals surface area contributed by atoms with E-state index < -0.39 is 5.91 Å². The van der Waals surface area contributed by atoms with Gasteiger partial charge in [-0.2, -0.15) is 11.1 Å². The molecule has 0 aromatic heterocycles. The van der Waals surface area contributed by atoms with Crippen LogP contribution in [0.5, 0.6) is 0 Å². The molecule has 0 spiro atoms. The average Bonchev–Trinajstić information content (AvgIpc) is 3.02. The molecule has 0 saturated carbocycles. The summed E-state index contributed by atoms with van der Waals surface area (Å²) in [4.78, 5) is 10.3. The summed E-state index contributed by atoms with van der Waals surface area (Å²) in [5, 5.41) is 2.90. The van der Waals surface area contributed by atoms with E-state index in [9.17, 15) is 4.79 Å². The molecule has 0 heterocycles. The van der Waals surface area contributed by atoms with E-state index in [0.29, 0.717) is 11.5 Å². The number of allylic oxidation sites excluding steroid dienone is 4. The van der Waals surface area contributed by atoms with Gasteiger partial charge in [0.25, 0.3) is 0 Å². The molecule has 3 aromatic carbocycles. The third-order valence-corrected chi connectivity index (χ3v) is 6.64. The van der Waals surface area contributed by atoms with Gasteiger partial charge in [-0.1, -0.05) is 128 Å². The van der Waals surface area contributed by atoms with Crippen LogP contribution in [0.1, 0.15) is 38.1 Å². The third kappa shape index (κ3) is 12.0. The topological polar surface area (TPSA) is 40.9 Å². The number of halogens is 2. The van der Waals surface area contributed by atoms with Crippen molar-refractivity contribution < 1.29 is 51.3 Å². The molecule has 175 valence electrons. The van der Waals surface area contributed by atoms with Gasteiger partial charge in [-0.15, -0.1) is 6.92 Å². The molecule has 0 aliphatic heterocycles. The van der Waals surface area contributed by atoms with Crippen molar-refractivity contribution in [1.82, 2.24) is 0 Å². The minimum absolute atomic E-state index is 0. The van der Waals surface area contributed by atoms with Crippen LogP contribution in [0.4, 0.5) is 0 Å². The molecule has 1 unspecified atom stereocenters. The normalized spacial score (nSPS) is 13.3. The minimum atomic E-state index is -0.629. The molecule has 0 bridgehead atoms. The monoisotopic (exact) mass is 542 g/mol. The van der Waals surface area contributed by atoms with Crippen molar-refractivity contribution >= 4 is 25.8 Å². The van der Waals surface area contributed by atoms with Crippen molar-refractivity contribution in [2.45, 2.75) is 27.7 Å². The van der Waals surface area contributed by atoms with Gasteiger partial charge in [0, 0.05) is 0 Å². The van der Waals surface area contributed by atoms with Gasteiger partial charge >= 0.3 is 21.7 Å². The molecule has 0 saturated heterocycles. The number of carbonyl (C=O) groups is 1. The standard InChI is InChI=1S/C12H11Si.C9H13.C7H7NO.2ClH.Ti/c1-3-7-11(8-4-1)13-12-9-5-2-6-10-12;1-6-5-7(2)9(4)8(6)3;8-7(9)6-4-2-1-3-5-6;;;/h1-10,13H;6H,1-4H3;1-5H,(H2,8,9);2*1H;/q;-1;;;;+4/p-3. The Morgan fingerprint density at radius 3 is 1.38 bits per heavy atom. The predicted molar refractivity (Wildman–Crippen MR) is 134 cm³/mol. The Bertz CT molecular complexity index is 989. The second kappa shape index (κ2) is 18.4. The fraction of sp³-hybridized carbons (Fsp3) is 0.179. The second-order valence-electron chi connectivity index (χ2n) is 7.46. The summed E-state index contributed by atoms with van der Waals surface area (Å²) < 4.78 is 0. The molecule has 1 aliphatic rings. The number of rotatable bonds is 3. The van der Waals surface area contributed by atoms with Gasteiger partial charge in [0.1, 0.15) is 9.52 Å². The summed E-state index contributed by atoms with van der Waals surface area (Å²) >= 11 is 0. The van der Waals surface area contributed by atoms with Crippen molar-refractivity contribution in [3.8, 4) is 0 Å². The quantitative estimate of drug-likeness (QED) is 0.330. The van der Waals surface area contributed by atoms with Crippen molar-refractivity contribution in [3.63, 3.8) is 0 Å². The van der Waals surface area contributed by atoms with E-state index in [4.69, 9.17) is 5.73 Å². The molecule has 1 N–H and O–H groups in total. The van der Waals surface area contributed by atoms with Gasteiger partial charge in [0.05, 0.1) is 5.91 Å². The zero-order valence-electron chi connectivity index (χ0n) is 20.0. The third-order valence-electron chi connectivity index (χ3n) is 5.20. The maximum absolute atomic E-state index is 10.3. The zero-order chi connectivity index (χ0) is 22.6. The first-order valence-corrected chi connectivity index (χ1v) is 11.6. The number of hydrogen-bond donors (Lipinski definition) is 0. The molecule has 2 nitrogen and oxygen atoms in total. The molecular weight excluding hydrogens is 513 g/mol. The fourth-order valence-electron chi connectivity index (χ4n) is 3.04. The summed E-state index contributed by atoms with van der Waals surface area (Å²) in [5.41, 5.74) is 11.4. The van der Waals surface area contributed by atoms with Crippen LogP contribution in [-0.2, 0) is 21.7 Å². The second-order valence-corrected chi connectivity index (χ2v) is 9.08. The largest absolute Gasteiger partial charge is 4.00 e. The van der Waals surface area contributed by atoms with E-state index in [-0.39, 0.29) is 56.1 Å². The maximum Gasteiger partial charge on any atom is 4.00 e. The summed E-state index contributed by atoms with van der Waals surface area (Å²) in [6.45, 7) is 8.67. The molecule has 1 amide bonds. The first-order chi connectivity index (χ1) is 14.9. The first kappa shape index (κ1) is 34.3. The summed E-state index contributed by atoms with van der Waals surface area (Å²) in [5.74, 6) is -0.0689. The molecule has 1 aliphatic carbocycles. The van der Waals surface area contributed by atoms with Gasteiger partial charge in [-0.25, -0.2) is 5.57 Å². The zero-order valence-corrected chi connectivity index (χ0v) is 24.2. The number of benzene rings is 3. The van der Waals surface area contributed by atoms with Gasteiger partial charge in [0.2, 0.25) is 0 Å². The molecular formula is C28H30Cl2NOSiTi. The number of carbonyl (C=O) groups excluding carboxylic acids is 1. The number of amides is 1. The van der Waals surface area contributed by atoms with E-state index in [1.54, 1.807) is 24.3 Å². The smallest absolute Gasteiger partial charge is 1.00 e. The minimum Gasteiger partial charge on any atom is -1.00 e. The van der Waals surface area contributed by atoms with Crippen LogP contribution in [0, 0.1) is 12.0 Å². The van der Waals surface area contributed by atoms with Gasteiger partial charge < -0.3 is 35.3 Å². The summed E-state index contributed by atoms with van der Waals surface area (Å²) in [7, 11) is 0.271. The number of hydrogen-bond acceptors (Lipinski definition) is 1. The molecule has 6 heteroatoms. The van der Waals surface area contributed by atoms with Crippen molar-refractivity contribution in [2.75, 3.05) is 0 Å². The van der Waals surface area contributed by atoms with Crippen LogP contribution < -0.4 is 35.2 Å². The molecule has 1 radical (unpaired) electrons. The van der Waals surface area contributed by atoms with E-state index >= 15 is 0 Å². The van der Waals surface area contributed by atoms with E-state index in [2.05, 4.69) is 94.4 Å². The summed E-state index contributed by atoms with van der Waals surface area (Å²) in [6, 6.07) is 29.9. The van der Waals surface area contributed by atoms with Crippen LogP contribution in [0.15, 0.2) is 108 Å². The van der Waals surface area contributed by atoms with Gasteiger partial charge in [-0.05, 0) is 5.56 Å². The van der Waals surface area contributed by atoms with Crippen LogP contribution in [0.25, 0.3) is 5.73 Å². The molecule has 34 heavy (non-hydrogen) atoms. The van der Waals surface area contributed by atoms with Crippen molar-refractivity contribution in [2.24, 2.45) is 5.92 Å². The van der Waals surface area contributed by atoms with E-state index in [1.807, 2.05) is 6.07 Å². The van der Waals surface area contributed by atoms with E-state index in [1.165, 1.54) is 27.1 Å². The van der Waals surface area contributed by atoms with Crippen LogP contribution in [-0.4, -0.2) is 15.4 Å². The fourth-order valence-corrected chi connectivity index (χ4v) is 4.26. The Balaban J connectivity index is 0. The SMILES string of the molecule is CC1=[C-]C(C)C(C)=C1C.[Cl-].[Cl-].[NH-]C(=O)c1ccccc1.[Ti+4].c1ccc([SiH]c2ccccc2)cc1. The molecule has 4 rings (SSSR count). The Hall–Kier alpha value is -1.88. The van der Waals surface area contributed by atoms with Crippen molar-refractivity contribution in [1.29, 1.82) is 0 Å². The van der Waals surface area contributed by atoms with Crippen LogP contribution >= 0.6 is 0 Å². The molecule has 0 fully saturated rings. The Labute approximate surface area is 234 Å². The predicted octanol–water partition coefficient (Wildman–Crippen LogP) is -0.320. The average molecular weight is 543 g/mol. The molecule has 3 aromatic rings. The maximum atomic E-state index is 10.3. The number of nitrogens with one attached hydrogen (secondary N) is 1. The Morgan fingerprint density at radius 1 is 0.765 bits per heavy atom. The first-order valence-electron chi connectivity index (χ1n) is 10.4. The van der Waals surface area contributed by atoms with Crippen LogP contribution in [0.3, 0.4) is 0 Å². The Kier molecular flexibility index (Phi) is 18.6. The van der Waals surface area contributed by atoms with Crippen LogP contribution in [0.2, 0.25) is 0 Å². The van der Waals surface area contributed by atoms with Gasteiger partial charge in [0.15, 0.2) is 0 Å². The molecule has 1 atom stereocenters.